The second-order valence-electron chi connectivity index (χ2n) is 5.53. The summed E-state index contributed by atoms with van der Waals surface area (Å²) in [6.45, 7) is -1.34. The highest BCUT2D eigenvalue weighted by molar-refractivity contribution is 4.93. The summed E-state index contributed by atoms with van der Waals surface area (Å²) >= 11 is 0. The van der Waals surface area contributed by atoms with Crippen molar-refractivity contribution in [2.24, 2.45) is 0 Å². The van der Waals surface area contributed by atoms with Gasteiger partial charge in [-0.3, -0.25) is 0 Å². The van der Waals surface area contributed by atoms with Crippen molar-refractivity contribution < 1.29 is 55.1 Å². The van der Waals surface area contributed by atoms with Crippen molar-refractivity contribution >= 4 is 0 Å². The van der Waals surface area contributed by atoms with Gasteiger partial charge in [0.1, 0.15) is 48.8 Å². The van der Waals surface area contributed by atoms with Crippen LogP contribution in [-0.2, 0) is 14.2 Å². The average molecular weight is 342 g/mol. The highest BCUT2D eigenvalue weighted by Gasteiger charge is 2.50. The Morgan fingerprint density at radius 2 is 1.22 bits per heavy atom. The lowest BCUT2D eigenvalue weighted by Crippen LogP contribution is -2.64. The Hall–Kier alpha value is -0.440. The molecule has 23 heavy (non-hydrogen) atoms. The molecule has 0 aliphatic carbocycles. The molecule has 0 spiro atoms. The second-order valence-corrected chi connectivity index (χ2v) is 5.53. The van der Waals surface area contributed by atoms with Crippen LogP contribution >= 0.6 is 0 Å². The molecule has 0 saturated carbocycles. The van der Waals surface area contributed by atoms with E-state index in [4.69, 9.17) is 24.4 Å². The van der Waals surface area contributed by atoms with Gasteiger partial charge < -0.3 is 55.1 Å². The number of hydrogen-bond donors (Lipinski definition) is 8. The zero-order valence-corrected chi connectivity index (χ0v) is 12.0. The molecule has 2 fully saturated rings. The summed E-state index contributed by atoms with van der Waals surface area (Å²) in [4.78, 5) is 0. The van der Waals surface area contributed by atoms with Crippen LogP contribution in [0.3, 0.4) is 0 Å². The highest BCUT2D eigenvalue weighted by atomic mass is 16.7. The van der Waals surface area contributed by atoms with Crippen LogP contribution in [0.5, 0.6) is 0 Å². The van der Waals surface area contributed by atoms with Gasteiger partial charge in [0.05, 0.1) is 13.2 Å². The van der Waals surface area contributed by atoms with Gasteiger partial charge in [0.15, 0.2) is 12.6 Å². The standard InChI is InChI=1S/C12H22O11/c13-1-3-5(15)7(17)8(18)12(22-3)23-10-6(16)4(2-14)21-11(20)9(10)19/h3-20H,1-2H2/t3-,4-,5-,6-,7+,8-,9-,10+,11+,12+/m1/s1. The molecule has 0 aromatic carbocycles. The van der Waals surface area contributed by atoms with E-state index >= 15 is 0 Å². The fraction of sp³-hybridized carbons (Fsp3) is 1.00. The zero-order valence-electron chi connectivity index (χ0n) is 12.0. The molecule has 0 aromatic heterocycles. The van der Waals surface area contributed by atoms with E-state index in [-0.39, 0.29) is 0 Å². The third kappa shape index (κ3) is 3.65. The number of aliphatic hydroxyl groups excluding tert-OH is 8. The molecule has 0 aromatic rings. The van der Waals surface area contributed by atoms with Crippen molar-refractivity contribution in [3.05, 3.63) is 0 Å². The van der Waals surface area contributed by atoms with E-state index in [0.717, 1.165) is 0 Å². The molecule has 2 heterocycles. The first kappa shape index (κ1) is 18.9. The van der Waals surface area contributed by atoms with Crippen molar-refractivity contribution in [3.8, 4) is 0 Å². The van der Waals surface area contributed by atoms with Crippen LogP contribution in [0.25, 0.3) is 0 Å². The number of ether oxygens (including phenoxy) is 3. The molecule has 2 saturated heterocycles. The summed E-state index contributed by atoms with van der Waals surface area (Å²) < 4.78 is 15.1. The van der Waals surface area contributed by atoms with Crippen LogP contribution in [0, 0.1) is 0 Å². The fourth-order valence-corrected chi connectivity index (χ4v) is 2.56. The number of hydrogen-bond acceptors (Lipinski definition) is 11. The van der Waals surface area contributed by atoms with Gasteiger partial charge in [-0.2, -0.15) is 0 Å². The smallest absolute Gasteiger partial charge is 0.187 e. The third-order valence-corrected chi connectivity index (χ3v) is 3.98. The predicted octanol–water partition coefficient (Wildman–Crippen LogP) is -5.40. The van der Waals surface area contributed by atoms with Gasteiger partial charge in [0.2, 0.25) is 0 Å². The van der Waals surface area contributed by atoms with E-state index in [1.165, 1.54) is 0 Å². The molecule has 0 bridgehead atoms. The molecule has 2 aliphatic rings. The molecule has 10 atom stereocenters. The molecule has 136 valence electrons. The van der Waals surface area contributed by atoms with Gasteiger partial charge in [0, 0.05) is 0 Å². The lowest BCUT2D eigenvalue weighted by molar-refractivity contribution is -0.355. The summed E-state index contributed by atoms with van der Waals surface area (Å²) in [5, 5.41) is 76.8. The van der Waals surface area contributed by atoms with Gasteiger partial charge in [-0.05, 0) is 0 Å². The summed E-state index contributed by atoms with van der Waals surface area (Å²) in [5.74, 6) is 0. The summed E-state index contributed by atoms with van der Waals surface area (Å²) in [5.41, 5.74) is 0. The number of rotatable bonds is 4. The second kappa shape index (κ2) is 7.63. The molecule has 2 aliphatic heterocycles. The Morgan fingerprint density at radius 1 is 0.652 bits per heavy atom. The van der Waals surface area contributed by atoms with Crippen molar-refractivity contribution in [2.45, 2.75) is 61.4 Å². The van der Waals surface area contributed by atoms with Crippen molar-refractivity contribution in [3.63, 3.8) is 0 Å². The maximum atomic E-state index is 10.00. The quantitative estimate of drug-likeness (QED) is 0.243. The molecule has 2 rings (SSSR count). The van der Waals surface area contributed by atoms with Crippen LogP contribution in [0.15, 0.2) is 0 Å². The Balaban J connectivity index is 2.11. The van der Waals surface area contributed by atoms with E-state index in [1.807, 2.05) is 0 Å². The van der Waals surface area contributed by atoms with Crippen LogP contribution < -0.4 is 0 Å². The summed E-state index contributed by atoms with van der Waals surface area (Å²) in [7, 11) is 0. The Morgan fingerprint density at radius 3 is 1.78 bits per heavy atom. The van der Waals surface area contributed by atoms with Crippen molar-refractivity contribution in [1.82, 2.24) is 0 Å². The van der Waals surface area contributed by atoms with E-state index in [2.05, 4.69) is 0 Å². The predicted molar refractivity (Wildman–Crippen MR) is 68.6 cm³/mol. The molecule has 0 amide bonds. The topological polar surface area (TPSA) is 190 Å². The molecule has 11 heteroatoms. The minimum atomic E-state index is -1.76. The Kier molecular flexibility index (Phi) is 6.27. The van der Waals surface area contributed by atoms with Crippen LogP contribution in [-0.4, -0.2) is 115 Å². The van der Waals surface area contributed by atoms with Crippen LogP contribution in [0.1, 0.15) is 0 Å². The SMILES string of the molecule is OC[C@H]1O[C@@H](O[C@@H]2[C@@H](O)[C@@H](O)O[C@H](CO)[C@H]2O)[C@H](O)[C@@H](O)[C@@H]1O. The third-order valence-electron chi connectivity index (χ3n) is 3.98. The van der Waals surface area contributed by atoms with E-state index in [0.29, 0.717) is 0 Å². The van der Waals surface area contributed by atoms with E-state index in [1.54, 1.807) is 0 Å². The first-order valence-corrected chi connectivity index (χ1v) is 7.08. The zero-order chi connectivity index (χ0) is 17.3. The lowest BCUT2D eigenvalue weighted by atomic mass is 9.97. The van der Waals surface area contributed by atoms with Gasteiger partial charge in [-0.15, -0.1) is 0 Å². The van der Waals surface area contributed by atoms with Gasteiger partial charge in [-0.25, -0.2) is 0 Å². The Bertz CT molecular complexity index is 380. The number of aliphatic hydroxyl groups is 8. The largest absolute Gasteiger partial charge is 0.394 e. The van der Waals surface area contributed by atoms with E-state index < -0.39 is 74.6 Å². The van der Waals surface area contributed by atoms with Gasteiger partial charge in [-0.1, -0.05) is 0 Å². The maximum Gasteiger partial charge on any atom is 0.187 e. The first-order chi connectivity index (χ1) is 10.8. The van der Waals surface area contributed by atoms with Crippen molar-refractivity contribution in [2.75, 3.05) is 13.2 Å². The Labute approximate surface area is 130 Å². The molecule has 0 radical (unpaired) electrons. The minimum Gasteiger partial charge on any atom is -0.394 e. The molecule has 8 N–H and O–H groups in total. The van der Waals surface area contributed by atoms with Crippen LogP contribution in [0.2, 0.25) is 0 Å². The van der Waals surface area contributed by atoms with Gasteiger partial charge >= 0.3 is 0 Å². The average Bonchev–Trinajstić information content (AvgIpc) is 2.54. The van der Waals surface area contributed by atoms with E-state index in [9.17, 15) is 30.6 Å². The fourth-order valence-electron chi connectivity index (χ4n) is 2.56. The summed E-state index contributed by atoms with van der Waals surface area (Å²) in [6, 6.07) is 0. The lowest BCUT2D eigenvalue weighted by Gasteiger charge is -2.45. The maximum absolute atomic E-state index is 10.00. The van der Waals surface area contributed by atoms with Gasteiger partial charge in [0.25, 0.3) is 0 Å². The molecular formula is C12H22O11. The van der Waals surface area contributed by atoms with Crippen LogP contribution in [0.4, 0.5) is 0 Å². The van der Waals surface area contributed by atoms with Crippen molar-refractivity contribution in [1.29, 1.82) is 0 Å². The first-order valence-electron chi connectivity index (χ1n) is 7.08. The highest BCUT2D eigenvalue weighted by Crippen LogP contribution is 2.28. The molecular weight excluding hydrogens is 320 g/mol. The molecule has 11 nitrogen and oxygen atoms in total. The minimum absolute atomic E-state index is 0.667. The normalized spacial score (nSPS) is 51.7. The summed E-state index contributed by atoms with van der Waals surface area (Å²) in [6.07, 6.45) is -15.7. The molecule has 0 unspecified atom stereocenters. The monoisotopic (exact) mass is 342 g/mol.